The molecule has 0 saturated heterocycles. The monoisotopic (exact) mass is 308 g/mol. The zero-order valence-electron chi connectivity index (χ0n) is 11.8. The number of fused-ring (bicyclic) bond motifs is 1. The molecule has 2 rings (SSSR count). The minimum atomic E-state index is -3.97. The van der Waals surface area contributed by atoms with Gasteiger partial charge in [-0.25, -0.2) is 13.1 Å². The van der Waals surface area contributed by atoms with Crippen LogP contribution in [0.1, 0.15) is 12.5 Å². The van der Waals surface area contributed by atoms with Crippen LogP contribution in [0.4, 0.5) is 0 Å². The first kappa shape index (κ1) is 15.4. The number of benzene rings is 1. The molecule has 1 aromatic heterocycles. The maximum Gasteiger partial charge on any atom is 0.266 e. The van der Waals surface area contributed by atoms with E-state index in [1.54, 1.807) is 25.3 Å². The highest BCUT2D eigenvalue weighted by molar-refractivity contribution is 7.90. The highest BCUT2D eigenvalue weighted by Gasteiger charge is 2.20. The summed E-state index contributed by atoms with van der Waals surface area (Å²) < 4.78 is 31.4. The fourth-order valence-electron chi connectivity index (χ4n) is 1.89. The number of amides is 1. The normalized spacial score (nSPS) is 11.5. The number of para-hydroxylation sites is 1. The molecule has 0 atom stereocenters. The van der Waals surface area contributed by atoms with Gasteiger partial charge in [0, 0.05) is 18.2 Å². The van der Waals surface area contributed by atoms with Crippen LogP contribution in [0, 0.1) is 6.92 Å². The number of carbonyl (C=O) groups excluding carboxylic acids is 1. The number of aromatic nitrogens is 1. The summed E-state index contributed by atoms with van der Waals surface area (Å²) in [7, 11) is -3.97. The van der Waals surface area contributed by atoms with Crippen LogP contribution in [0.15, 0.2) is 35.4 Å². The van der Waals surface area contributed by atoms with Gasteiger partial charge >= 0.3 is 0 Å². The lowest BCUT2D eigenvalue weighted by Crippen LogP contribution is -2.33. The van der Waals surface area contributed by atoms with Gasteiger partial charge in [0.25, 0.3) is 15.9 Å². The number of hydrogen-bond donors (Lipinski definition) is 1. The van der Waals surface area contributed by atoms with Crippen LogP contribution in [0.25, 0.3) is 10.9 Å². The van der Waals surface area contributed by atoms with E-state index in [0.717, 1.165) is 5.56 Å². The van der Waals surface area contributed by atoms with E-state index in [2.05, 4.69) is 4.98 Å². The van der Waals surface area contributed by atoms with Gasteiger partial charge in [-0.05, 0) is 31.5 Å². The molecular formula is C14H16N2O4S. The Hall–Kier alpha value is -1.99. The Bertz CT molecular complexity index is 772. The third kappa shape index (κ3) is 3.56. The Morgan fingerprint density at radius 3 is 2.86 bits per heavy atom. The van der Waals surface area contributed by atoms with Gasteiger partial charge in [0.15, 0.2) is 0 Å². The Labute approximate surface area is 123 Å². The summed E-state index contributed by atoms with van der Waals surface area (Å²) in [6, 6.07) is 6.64. The third-order valence-electron chi connectivity index (χ3n) is 2.79. The molecule has 112 valence electrons. The average molecular weight is 308 g/mol. The first-order valence-electron chi connectivity index (χ1n) is 6.43. The number of carbonyl (C=O) groups is 1. The fourth-order valence-corrected chi connectivity index (χ4v) is 3.04. The van der Waals surface area contributed by atoms with Crippen LogP contribution in [-0.4, -0.2) is 32.5 Å². The summed E-state index contributed by atoms with van der Waals surface area (Å²) in [6.45, 7) is 3.63. The molecule has 0 saturated carbocycles. The van der Waals surface area contributed by atoms with Gasteiger partial charge < -0.3 is 4.74 Å². The summed E-state index contributed by atoms with van der Waals surface area (Å²) in [5.74, 6) is -0.707. The molecule has 2 aromatic rings. The van der Waals surface area contributed by atoms with Crippen molar-refractivity contribution >= 4 is 26.8 Å². The van der Waals surface area contributed by atoms with E-state index in [-0.39, 0.29) is 11.5 Å². The molecule has 0 spiro atoms. The fraction of sp³-hybridized carbons (Fsp3) is 0.286. The topological polar surface area (TPSA) is 85.4 Å². The van der Waals surface area contributed by atoms with E-state index in [0.29, 0.717) is 17.5 Å². The van der Waals surface area contributed by atoms with Gasteiger partial charge in [-0.15, -0.1) is 0 Å². The van der Waals surface area contributed by atoms with Crippen molar-refractivity contribution in [2.75, 3.05) is 13.2 Å². The summed E-state index contributed by atoms with van der Waals surface area (Å²) in [4.78, 5) is 15.7. The molecule has 1 N–H and O–H groups in total. The first-order chi connectivity index (χ1) is 9.94. The Balaban J connectivity index is 2.38. The summed E-state index contributed by atoms with van der Waals surface area (Å²) in [5.41, 5.74) is 1.26. The highest BCUT2D eigenvalue weighted by Crippen LogP contribution is 2.21. The summed E-state index contributed by atoms with van der Waals surface area (Å²) >= 11 is 0. The predicted octanol–water partition coefficient (Wildman–Crippen LogP) is 1.38. The molecular weight excluding hydrogens is 292 g/mol. The Morgan fingerprint density at radius 2 is 2.14 bits per heavy atom. The highest BCUT2D eigenvalue weighted by atomic mass is 32.2. The van der Waals surface area contributed by atoms with Gasteiger partial charge in [0.05, 0.1) is 5.52 Å². The zero-order valence-corrected chi connectivity index (χ0v) is 12.6. The first-order valence-corrected chi connectivity index (χ1v) is 7.91. The average Bonchev–Trinajstić information content (AvgIpc) is 2.43. The summed E-state index contributed by atoms with van der Waals surface area (Å²) in [6.07, 6.45) is 1.59. The lowest BCUT2D eigenvalue weighted by Gasteiger charge is -2.09. The molecule has 0 aliphatic heterocycles. The smallest absolute Gasteiger partial charge is 0.266 e. The van der Waals surface area contributed by atoms with E-state index < -0.39 is 15.9 Å². The number of sulfonamides is 1. The van der Waals surface area contributed by atoms with Crippen LogP contribution >= 0.6 is 0 Å². The van der Waals surface area contributed by atoms with Crippen LogP contribution in [0.3, 0.4) is 0 Å². The van der Waals surface area contributed by atoms with Gasteiger partial charge in [-0.1, -0.05) is 12.1 Å². The molecule has 0 aliphatic carbocycles. The number of nitrogens with one attached hydrogen (secondary N) is 1. The molecule has 0 bridgehead atoms. The largest absolute Gasteiger partial charge is 0.372 e. The molecule has 0 aliphatic rings. The molecule has 0 radical (unpaired) electrons. The van der Waals surface area contributed by atoms with Crippen molar-refractivity contribution < 1.29 is 17.9 Å². The van der Waals surface area contributed by atoms with Gasteiger partial charge in [-0.2, -0.15) is 0 Å². The van der Waals surface area contributed by atoms with Gasteiger partial charge in [0.2, 0.25) is 0 Å². The summed E-state index contributed by atoms with van der Waals surface area (Å²) in [5, 5.41) is 0.704. The minimum absolute atomic E-state index is 0.0233. The van der Waals surface area contributed by atoms with E-state index in [9.17, 15) is 13.2 Å². The minimum Gasteiger partial charge on any atom is -0.372 e. The van der Waals surface area contributed by atoms with Crippen molar-refractivity contribution in [1.29, 1.82) is 0 Å². The van der Waals surface area contributed by atoms with Crippen molar-refractivity contribution in [3.8, 4) is 0 Å². The van der Waals surface area contributed by atoms with E-state index >= 15 is 0 Å². The molecule has 6 nitrogen and oxygen atoms in total. The SMILES string of the molecule is CCOCC(=O)NS(=O)(=O)c1cccc2cc(C)cnc12. The van der Waals surface area contributed by atoms with E-state index in [4.69, 9.17) is 4.74 Å². The number of rotatable bonds is 5. The number of ether oxygens (including phenoxy) is 1. The standard InChI is InChI=1S/C14H16N2O4S/c1-3-20-9-13(17)16-21(18,19)12-6-4-5-11-7-10(2)8-15-14(11)12/h4-8H,3,9H2,1-2H3,(H,16,17). The van der Waals surface area contributed by atoms with Crippen LogP contribution < -0.4 is 4.72 Å². The quantitative estimate of drug-likeness (QED) is 0.902. The predicted molar refractivity (Wildman–Crippen MR) is 78.3 cm³/mol. The lowest BCUT2D eigenvalue weighted by molar-refractivity contribution is -0.123. The number of nitrogens with zero attached hydrogens (tertiary/aromatic N) is 1. The van der Waals surface area contributed by atoms with Crippen molar-refractivity contribution in [3.63, 3.8) is 0 Å². The molecule has 21 heavy (non-hydrogen) atoms. The molecule has 7 heteroatoms. The lowest BCUT2D eigenvalue weighted by atomic mass is 10.2. The number of aryl methyl sites for hydroxylation is 1. The van der Waals surface area contributed by atoms with Crippen molar-refractivity contribution in [2.45, 2.75) is 18.7 Å². The molecule has 1 heterocycles. The molecule has 0 unspecified atom stereocenters. The second-order valence-electron chi connectivity index (χ2n) is 4.51. The zero-order chi connectivity index (χ0) is 15.5. The van der Waals surface area contributed by atoms with Crippen molar-refractivity contribution in [3.05, 3.63) is 36.0 Å². The molecule has 1 amide bonds. The maximum absolute atomic E-state index is 12.3. The molecule has 0 fully saturated rings. The van der Waals surface area contributed by atoms with Gasteiger partial charge in [-0.3, -0.25) is 9.78 Å². The number of pyridine rings is 1. The second-order valence-corrected chi connectivity index (χ2v) is 6.16. The van der Waals surface area contributed by atoms with E-state index in [1.165, 1.54) is 6.07 Å². The number of hydrogen-bond acceptors (Lipinski definition) is 5. The molecule has 1 aromatic carbocycles. The van der Waals surface area contributed by atoms with Crippen LogP contribution in [0.5, 0.6) is 0 Å². The van der Waals surface area contributed by atoms with Crippen molar-refractivity contribution in [2.24, 2.45) is 0 Å². The Kier molecular flexibility index (Phi) is 4.54. The van der Waals surface area contributed by atoms with Gasteiger partial charge in [0.1, 0.15) is 11.5 Å². The van der Waals surface area contributed by atoms with E-state index in [1.807, 2.05) is 17.7 Å². The van der Waals surface area contributed by atoms with Crippen LogP contribution in [-0.2, 0) is 19.6 Å². The van der Waals surface area contributed by atoms with Crippen molar-refractivity contribution in [1.82, 2.24) is 9.71 Å². The second kappa shape index (κ2) is 6.19. The maximum atomic E-state index is 12.3. The Morgan fingerprint density at radius 1 is 1.38 bits per heavy atom. The van der Waals surface area contributed by atoms with Crippen LogP contribution in [0.2, 0.25) is 0 Å². The third-order valence-corrected chi connectivity index (χ3v) is 4.19.